The van der Waals surface area contributed by atoms with Crippen molar-refractivity contribution < 1.29 is 9.47 Å². The number of ether oxygens (including phenoxy) is 2. The van der Waals surface area contributed by atoms with Gasteiger partial charge in [-0.05, 0) is 84.6 Å². The fourth-order valence-electron chi connectivity index (χ4n) is 8.93. The highest BCUT2D eigenvalue weighted by atomic mass is 16.5. The van der Waals surface area contributed by atoms with E-state index in [0.717, 1.165) is 35.3 Å². The Bertz CT molecular complexity index is 2640. The number of rotatable bonds is 24. The summed E-state index contributed by atoms with van der Waals surface area (Å²) in [5.41, 5.74) is 8.96. The highest BCUT2D eigenvalue weighted by molar-refractivity contribution is 6.11. The summed E-state index contributed by atoms with van der Waals surface area (Å²) >= 11 is 0. The standard InChI is InChI=1S/C56H60N6O2/c1-4-7-8-9-10-11-18-31-56(61-52-29-21-19-27-48(52)50-40-44(32-34-54(50)61)42-57-59(36-38-63-5-2)46-23-14-12-15-24-46)62-53-30-22-20-28-49(53)51-41-45(33-35-55(51)62)43-58-60(37-39-64-6-3)47-25-16-13-17-26-47/h5-6,12-17,19-30,32-35,40-43,56H,2-4,7-11,18,31,36-39H2,1H3. The predicted molar refractivity (Wildman–Crippen MR) is 271 cm³/mol. The second-order valence-electron chi connectivity index (χ2n) is 16.2. The number of anilines is 2. The SMILES string of the molecule is C=COCCN(N=Cc1ccc2c(c1)c1ccccc1n2C(CCCCCCCCC)n1c2ccccc2c2cc(C=NN(CCOC=C)c3ccccc3)ccc21)c1ccccc1. The number of fused-ring (bicyclic) bond motifs is 6. The average Bonchev–Trinajstić information content (AvgIpc) is 3.85. The summed E-state index contributed by atoms with van der Waals surface area (Å²) in [6.45, 7) is 11.9. The van der Waals surface area contributed by atoms with Crippen LogP contribution in [0.2, 0.25) is 0 Å². The number of unbranched alkanes of at least 4 members (excludes halogenated alkanes) is 6. The van der Waals surface area contributed by atoms with E-state index in [9.17, 15) is 0 Å². The third-order valence-electron chi connectivity index (χ3n) is 12.0. The molecule has 0 bridgehead atoms. The second-order valence-corrected chi connectivity index (χ2v) is 16.2. The normalized spacial score (nSPS) is 12.2. The van der Waals surface area contributed by atoms with Crippen LogP contribution >= 0.6 is 0 Å². The van der Waals surface area contributed by atoms with E-state index in [2.05, 4.69) is 138 Å². The van der Waals surface area contributed by atoms with Crippen LogP contribution in [0.1, 0.15) is 75.6 Å². The summed E-state index contributed by atoms with van der Waals surface area (Å²) in [5, 5.41) is 18.8. The van der Waals surface area contributed by atoms with E-state index in [1.165, 1.54) is 94.7 Å². The average molecular weight is 849 g/mol. The molecule has 6 aromatic carbocycles. The zero-order valence-corrected chi connectivity index (χ0v) is 37.1. The maximum absolute atomic E-state index is 5.49. The van der Waals surface area contributed by atoms with E-state index in [-0.39, 0.29) is 6.17 Å². The third-order valence-corrected chi connectivity index (χ3v) is 12.0. The van der Waals surface area contributed by atoms with E-state index in [0.29, 0.717) is 26.3 Å². The van der Waals surface area contributed by atoms with Crippen molar-refractivity contribution in [1.82, 2.24) is 9.13 Å². The lowest BCUT2D eigenvalue weighted by Crippen LogP contribution is -2.21. The molecular weight excluding hydrogens is 789 g/mol. The van der Waals surface area contributed by atoms with Gasteiger partial charge in [-0.3, -0.25) is 10.0 Å². The van der Waals surface area contributed by atoms with Crippen LogP contribution in [-0.4, -0.2) is 47.9 Å². The smallest absolute Gasteiger partial charge is 0.111 e. The quantitative estimate of drug-likeness (QED) is 0.0263. The summed E-state index contributed by atoms with van der Waals surface area (Å²) < 4.78 is 16.2. The molecule has 64 heavy (non-hydrogen) atoms. The third kappa shape index (κ3) is 10.1. The number of benzene rings is 6. The van der Waals surface area contributed by atoms with Gasteiger partial charge in [-0.15, -0.1) is 0 Å². The zero-order valence-electron chi connectivity index (χ0n) is 37.1. The van der Waals surface area contributed by atoms with Crippen LogP contribution in [0.5, 0.6) is 0 Å². The first-order valence-corrected chi connectivity index (χ1v) is 22.9. The molecule has 8 aromatic rings. The van der Waals surface area contributed by atoms with Gasteiger partial charge in [0.05, 0.1) is 71.5 Å². The van der Waals surface area contributed by atoms with Gasteiger partial charge in [0.25, 0.3) is 0 Å². The van der Waals surface area contributed by atoms with Crippen LogP contribution in [-0.2, 0) is 9.47 Å². The van der Waals surface area contributed by atoms with Crippen molar-refractivity contribution in [2.24, 2.45) is 10.2 Å². The lowest BCUT2D eigenvalue weighted by atomic mass is 10.1. The van der Waals surface area contributed by atoms with Crippen LogP contribution in [0.4, 0.5) is 11.4 Å². The van der Waals surface area contributed by atoms with Gasteiger partial charge in [-0.25, -0.2) is 0 Å². The molecule has 8 heteroatoms. The van der Waals surface area contributed by atoms with Crippen LogP contribution in [0.3, 0.4) is 0 Å². The van der Waals surface area contributed by atoms with Gasteiger partial charge in [0.1, 0.15) is 19.4 Å². The van der Waals surface area contributed by atoms with Crippen molar-refractivity contribution in [3.05, 3.63) is 182 Å². The van der Waals surface area contributed by atoms with Gasteiger partial charge in [0.2, 0.25) is 0 Å². The fraction of sp³-hybridized carbons (Fsp3) is 0.250. The van der Waals surface area contributed by atoms with Crippen LogP contribution < -0.4 is 10.0 Å². The minimum Gasteiger partial charge on any atom is -0.500 e. The van der Waals surface area contributed by atoms with Gasteiger partial charge in [0, 0.05) is 21.5 Å². The predicted octanol–water partition coefficient (Wildman–Crippen LogP) is 14.1. The van der Waals surface area contributed by atoms with Crippen molar-refractivity contribution >= 4 is 67.4 Å². The molecule has 0 amide bonds. The molecule has 0 fully saturated rings. The lowest BCUT2D eigenvalue weighted by molar-refractivity contribution is 0.258. The van der Waals surface area contributed by atoms with Crippen LogP contribution in [0.15, 0.2) is 181 Å². The lowest BCUT2D eigenvalue weighted by Gasteiger charge is -2.26. The zero-order chi connectivity index (χ0) is 43.9. The van der Waals surface area contributed by atoms with Gasteiger partial charge >= 0.3 is 0 Å². The Hall–Kier alpha value is -7.06. The fourth-order valence-corrected chi connectivity index (χ4v) is 8.93. The Morgan fingerprint density at radius 3 is 1.39 bits per heavy atom. The van der Waals surface area contributed by atoms with Gasteiger partial charge in [-0.2, -0.15) is 10.2 Å². The molecule has 8 nitrogen and oxygen atoms in total. The van der Waals surface area contributed by atoms with Crippen molar-refractivity contribution in [2.75, 3.05) is 36.3 Å². The molecule has 0 radical (unpaired) electrons. The van der Waals surface area contributed by atoms with E-state index in [4.69, 9.17) is 19.7 Å². The number of hydrazone groups is 2. The summed E-state index contributed by atoms with van der Waals surface area (Å²) in [5.74, 6) is 0. The molecule has 326 valence electrons. The monoisotopic (exact) mass is 848 g/mol. The molecule has 0 spiro atoms. The maximum atomic E-state index is 5.49. The summed E-state index contributed by atoms with van der Waals surface area (Å²) in [6.07, 6.45) is 16.7. The van der Waals surface area contributed by atoms with Gasteiger partial charge in [-0.1, -0.05) is 144 Å². The molecule has 0 saturated carbocycles. The molecule has 2 aromatic heterocycles. The van der Waals surface area contributed by atoms with Crippen molar-refractivity contribution in [3.63, 3.8) is 0 Å². The Morgan fingerprint density at radius 1 is 0.500 bits per heavy atom. The van der Waals surface area contributed by atoms with Crippen LogP contribution in [0.25, 0.3) is 43.6 Å². The molecule has 0 atom stereocenters. The number of para-hydroxylation sites is 4. The minimum absolute atomic E-state index is 0.0244. The topological polar surface area (TPSA) is 59.5 Å². The number of aromatic nitrogens is 2. The molecule has 0 aliphatic carbocycles. The molecule has 0 saturated heterocycles. The molecular formula is C56H60N6O2. The summed E-state index contributed by atoms with van der Waals surface area (Å²) in [4.78, 5) is 0. The highest BCUT2D eigenvalue weighted by Crippen LogP contribution is 2.40. The highest BCUT2D eigenvalue weighted by Gasteiger charge is 2.24. The number of nitrogens with zero attached hydrogens (tertiary/aromatic N) is 6. The Balaban J connectivity index is 1.21. The first-order valence-electron chi connectivity index (χ1n) is 22.9. The van der Waals surface area contributed by atoms with Crippen LogP contribution in [0, 0.1) is 0 Å². The summed E-state index contributed by atoms with van der Waals surface area (Å²) in [6, 6.07) is 51.8. The van der Waals surface area contributed by atoms with E-state index < -0.39 is 0 Å². The van der Waals surface area contributed by atoms with Crippen molar-refractivity contribution in [2.45, 2.75) is 64.5 Å². The molecule has 0 aliphatic heterocycles. The van der Waals surface area contributed by atoms with E-state index in [1.54, 1.807) is 0 Å². The molecule has 0 unspecified atom stereocenters. The Kier molecular flexibility index (Phi) is 14.9. The number of hydrogen-bond donors (Lipinski definition) is 0. The molecule has 0 aliphatic rings. The first-order chi connectivity index (χ1) is 31.7. The molecule has 2 heterocycles. The van der Waals surface area contributed by atoms with E-state index in [1.807, 2.05) is 58.8 Å². The minimum atomic E-state index is 0.0244. The van der Waals surface area contributed by atoms with Crippen molar-refractivity contribution in [3.8, 4) is 0 Å². The molecule has 8 rings (SSSR count). The molecule has 0 N–H and O–H groups in total. The largest absolute Gasteiger partial charge is 0.500 e. The number of hydrogen-bond acceptors (Lipinski definition) is 6. The Morgan fingerprint density at radius 2 is 0.922 bits per heavy atom. The second kappa shape index (κ2) is 21.8. The van der Waals surface area contributed by atoms with Gasteiger partial charge in [0.15, 0.2) is 0 Å². The maximum Gasteiger partial charge on any atom is 0.111 e. The summed E-state index contributed by atoms with van der Waals surface area (Å²) in [7, 11) is 0. The van der Waals surface area contributed by atoms with Crippen molar-refractivity contribution in [1.29, 1.82) is 0 Å². The van der Waals surface area contributed by atoms with Gasteiger partial charge < -0.3 is 18.6 Å². The first kappa shape index (κ1) is 43.6. The van der Waals surface area contributed by atoms with E-state index >= 15 is 0 Å². The Labute approximate surface area is 378 Å².